The Morgan fingerprint density at radius 1 is 0.760 bits per heavy atom. The van der Waals surface area contributed by atoms with Gasteiger partial charge in [0.1, 0.15) is 0 Å². The van der Waals surface area contributed by atoms with Crippen molar-refractivity contribution in [1.29, 1.82) is 0 Å². The van der Waals surface area contributed by atoms with Gasteiger partial charge in [0.25, 0.3) is 5.91 Å². The van der Waals surface area contributed by atoms with Gasteiger partial charge in [0, 0.05) is 22.9 Å². The van der Waals surface area contributed by atoms with Gasteiger partial charge in [-0.3, -0.25) is 15.0 Å². The third-order valence-corrected chi connectivity index (χ3v) is 3.26. The molecule has 2 rings (SSSR count). The van der Waals surface area contributed by atoms with Crippen LogP contribution in [-0.4, -0.2) is 17.8 Å². The molecule has 7 heteroatoms. The summed E-state index contributed by atoms with van der Waals surface area (Å²) in [6.07, 6.45) is 0. The van der Waals surface area contributed by atoms with Gasteiger partial charge in [-0.15, -0.1) is 0 Å². The maximum atomic E-state index is 12.0. The zero-order valence-corrected chi connectivity index (χ0v) is 14.0. The van der Waals surface area contributed by atoms with E-state index in [0.717, 1.165) is 0 Å². The highest BCUT2D eigenvalue weighted by Crippen LogP contribution is 2.11. The Labute approximate surface area is 145 Å². The lowest BCUT2D eigenvalue weighted by molar-refractivity contribution is -0.118. The Bertz CT molecular complexity index is 743. The molecule has 0 aliphatic heterocycles. The fourth-order valence-corrected chi connectivity index (χ4v) is 1.86. The van der Waals surface area contributed by atoms with Crippen LogP contribution in [0.2, 0.25) is 0 Å². The molecule has 4 N–H and O–H groups in total. The Morgan fingerprint density at radius 2 is 1.36 bits per heavy atom. The Balaban J connectivity index is 1.84. The van der Waals surface area contributed by atoms with Crippen LogP contribution in [0.15, 0.2) is 54.6 Å². The lowest BCUT2D eigenvalue weighted by atomic mass is 10.1. The zero-order chi connectivity index (χ0) is 18.2. The summed E-state index contributed by atoms with van der Waals surface area (Å²) in [7, 11) is 0. The highest BCUT2D eigenvalue weighted by atomic mass is 16.2. The highest BCUT2D eigenvalue weighted by molar-refractivity contribution is 5.98. The molecule has 0 bridgehead atoms. The molecule has 0 heterocycles. The predicted molar refractivity (Wildman–Crippen MR) is 96.0 cm³/mol. The molecule has 7 nitrogen and oxygen atoms in total. The smallest absolute Gasteiger partial charge is 0.326 e. The summed E-state index contributed by atoms with van der Waals surface area (Å²) in [5.41, 5.74) is 6.14. The molecule has 25 heavy (non-hydrogen) atoms. The fourth-order valence-electron chi connectivity index (χ4n) is 1.86. The van der Waals surface area contributed by atoms with Gasteiger partial charge in [-0.05, 0) is 36.4 Å². The lowest BCUT2D eigenvalue weighted by Gasteiger charge is -2.10. The predicted octanol–water partition coefficient (Wildman–Crippen LogP) is 2.75. The van der Waals surface area contributed by atoms with E-state index in [2.05, 4.69) is 21.5 Å². The van der Waals surface area contributed by atoms with Crippen molar-refractivity contribution in [2.75, 3.05) is 10.6 Å². The van der Waals surface area contributed by atoms with Crippen LogP contribution in [0.25, 0.3) is 0 Å². The first-order valence-corrected chi connectivity index (χ1v) is 7.79. The summed E-state index contributed by atoms with van der Waals surface area (Å²) in [5, 5.41) is 5.31. The van der Waals surface area contributed by atoms with E-state index in [4.69, 9.17) is 0 Å². The second kappa shape index (κ2) is 8.49. The number of benzene rings is 2. The van der Waals surface area contributed by atoms with Crippen LogP contribution in [0.5, 0.6) is 0 Å². The first-order valence-electron chi connectivity index (χ1n) is 7.79. The van der Waals surface area contributed by atoms with Gasteiger partial charge in [0.15, 0.2) is 0 Å². The average Bonchev–Trinajstić information content (AvgIpc) is 2.61. The van der Waals surface area contributed by atoms with E-state index >= 15 is 0 Å². The number of amides is 4. The molecular weight excluding hydrogens is 320 g/mol. The maximum Gasteiger partial charge on any atom is 0.337 e. The monoisotopic (exact) mass is 340 g/mol. The molecule has 2 aromatic rings. The maximum absolute atomic E-state index is 12.0. The third-order valence-electron chi connectivity index (χ3n) is 3.26. The van der Waals surface area contributed by atoms with Crippen molar-refractivity contribution in [3.8, 4) is 0 Å². The van der Waals surface area contributed by atoms with E-state index in [-0.39, 0.29) is 11.8 Å². The molecule has 4 amide bonds. The van der Waals surface area contributed by atoms with Gasteiger partial charge in [-0.1, -0.05) is 32.0 Å². The van der Waals surface area contributed by atoms with Gasteiger partial charge in [-0.25, -0.2) is 10.2 Å². The van der Waals surface area contributed by atoms with Crippen molar-refractivity contribution in [3.63, 3.8) is 0 Å². The van der Waals surface area contributed by atoms with E-state index in [9.17, 15) is 14.4 Å². The summed E-state index contributed by atoms with van der Waals surface area (Å²) in [6.45, 7) is 3.59. The fraction of sp³-hybridized carbons (Fsp3) is 0.167. The van der Waals surface area contributed by atoms with Gasteiger partial charge >= 0.3 is 6.03 Å². The minimum atomic E-state index is -0.555. The van der Waals surface area contributed by atoms with E-state index in [1.165, 1.54) is 0 Å². The minimum absolute atomic E-state index is 0.101. The van der Waals surface area contributed by atoms with Crippen LogP contribution >= 0.6 is 0 Å². The van der Waals surface area contributed by atoms with Crippen LogP contribution in [0.1, 0.15) is 24.2 Å². The molecule has 130 valence electrons. The van der Waals surface area contributed by atoms with Crippen LogP contribution in [0.4, 0.5) is 16.2 Å². The largest absolute Gasteiger partial charge is 0.337 e. The standard InChI is InChI=1S/C18H20N4O3/c1-12(2)16(23)19-15-10-8-13(9-11-15)17(24)21-22-18(25)20-14-6-4-3-5-7-14/h3-12H,1-2H3,(H,19,23)(H,21,24)(H2,20,22,25). The Morgan fingerprint density at radius 3 is 1.96 bits per heavy atom. The van der Waals surface area contributed by atoms with E-state index < -0.39 is 11.9 Å². The second-order valence-electron chi connectivity index (χ2n) is 5.62. The molecule has 0 spiro atoms. The number of hydrogen-bond acceptors (Lipinski definition) is 3. The minimum Gasteiger partial charge on any atom is -0.326 e. The van der Waals surface area contributed by atoms with Gasteiger partial charge < -0.3 is 10.6 Å². The van der Waals surface area contributed by atoms with Gasteiger partial charge in [0.2, 0.25) is 5.91 Å². The van der Waals surface area contributed by atoms with Crippen molar-refractivity contribution in [1.82, 2.24) is 10.9 Å². The number of hydrazine groups is 1. The summed E-state index contributed by atoms with van der Waals surface area (Å²) in [6, 6.07) is 14.7. The Kier molecular flexibility index (Phi) is 6.11. The highest BCUT2D eigenvalue weighted by Gasteiger charge is 2.09. The van der Waals surface area contributed by atoms with Gasteiger partial charge in [-0.2, -0.15) is 0 Å². The average molecular weight is 340 g/mol. The molecule has 0 aliphatic carbocycles. The summed E-state index contributed by atoms with van der Waals surface area (Å²) < 4.78 is 0. The summed E-state index contributed by atoms with van der Waals surface area (Å²) >= 11 is 0. The molecule has 0 radical (unpaired) electrons. The normalized spacial score (nSPS) is 10.0. The molecule has 0 aromatic heterocycles. The third kappa shape index (κ3) is 5.65. The van der Waals surface area contributed by atoms with Crippen LogP contribution < -0.4 is 21.5 Å². The first-order chi connectivity index (χ1) is 12.0. The van der Waals surface area contributed by atoms with Crippen molar-refractivity contribution < 1.29 is 14.4 Å². The Hall–Kier alpha value is -3.35. The number of urea groups is 1. The molecule has 2 aromatic carbocycles. The number of nitrogens with one attached hydrogen (secondary N) is 4. The molecule has 0 saturated carbocycles. The molecule has 0 unspecified atom stereocenters. The van der Waals surface area contributed by atoms with E-state index in [1.807, 2.05) is 6.07 Å². The molecule has 0 saturated heterocycles. The van der Waals surface area contributed by atoms with Crippen molar-refractivity contribution in [2.24, 2.45) is 5.92 Å². The number of rotatable bonds is 4. The lowest BCUT2D eigenvalue weighted by Crippen LogP contribution is -2.43. The van der Waals surface area contributed by atoms with E-state index in [0.29, 0.717) is 16.9 Å². The van der Waals surface area contributed by atoms with Gasteiger partial charge in [0.05, 0.1) is 0 Å². The summed E-state index contributed by atoms with van der Waals surface area (Å²) in [5.74, 6) is -0.697. The molecular formula is C18H20N4O3. The zero-order valence-electron chi connectivity index (χ0n) is 14.0. The second-order valence-corrected chi connectivity index (χ2v) is 5.62. The van der Waals surface area contributed by atoms with Crippen molar-refractivity contribution >= 4 is 29.2 Å². The SMILES string of the molecule is CC(C)C(=O)Nc1ccc(C(=O)NNC(=O)Nc2ccccc2)cc1. The summed E-state index contributed by atoms with van der Waals surface area (Å²) in [4.78, 5) is 35.3. The molecule has 0 atom stereocenters. The topological polar surface area (TPSA) is 99.3 Å². The van der Waals surface area contributed by atoms with Crippen LogP contribution in [0, 0.1) is 5.92 Å². The molecule has 0 aliphatic rings. The number of anilines is 2. The van der Waals surface area contributed by atoms with Crippen molar-refractivity contribution in [3.05, 3.63) is 60.2 Å². The van der Waals surface area contributed by atoms with Crippen LogP contribution in [0.3, 0.4) is 0 Å². The van der Waals surface area contributed by atoms with E-state index in [1.54, 1.807) is 62.4 Å². The van der Waals surface area contributed by atoms with Crippen LogP contribution in [-0.2, 0) is 4.79 Å². The quantitative estimate of drug-likeness (QED) is 0.644. The number of hydrogen-bond donors (Lipinski definition) is 4. The first kappa shape index (κ1) is 18.0. The van der Waals surface area contributed by atoms with Crippen molar-refractivity contribution in [2.45, 2.75) is 13.8 Å². The number of carbonyl (C=O) groups excluding carboxylic acids is 3. The number of carbonyl (C=O) groups is 3. The molecule has 0 fully saturated rings. The number of para-hydroxylation sites is 1.